The third-order valence-electron chi connectivity index (χ3n) is 3.25. The highest BCUT2D eigenvalue weighted by molar-refractivity contribution is 9.10. The van der Waals surface area contributed by atoms with Gasteiger partial charge in [-0.2, -0.15) is 0 Å². The first-order chi connectivity index (χ1) is 9.78. The Morgan fingerprint density at radius 1 is 1.35 bits per heavy atom. The molecule has 0 aliphatic heterocycles. The Morgan fingerprint density at radius 3 is 2.90 bits per heavy atom. The summed E-state index contributed by atoms with van der Waals surface area (Å²) in [6.45, 7) is 3.23. The lowest BCUT2D eigenvalue weighted by molar-refractivity contribution is 0.439. The van der Waals surface area contributed by atoms with Crippen molar-refractivity contribution < 1.29 is 4.42 Å². The van der Waals surface area contributed by atoms with Gasteiger partial charge in [0.25, 0.3) is 0 Å². The maximum atomic E-state index is 5.40. The molecule has 108 valence electrons. The van der Waals surface area contributed by atoms with Gasteiger partial charge in [-0.1, -0.05) is 6.92 Å². The van der Waals surface area contributed by atoms with Crippen LogP contribution in [0, 0.1) is 0 Å². The minimum Gasteiger partial charge on any atom is -0.469 e. The largest absolute Gasteiger partial charge is 0.469 e. The van der Waals surface area contributed by atoms with E-state index >= 15 is 0 Å². The minimum atomic E-state index is 0.439. The molecular formula is C16H21BrN2O. The summed E-state index contributed by atoms with van der Waals surface area (Å²) in [6, 6.07) is 8.55. The molecule has 2 aromatic rings. The maximum Gasteiger partial charge on any atom is 0.103 e. The Bertz CT molecular complexity index is 482. The summed E-state index contributed by atoms with van der Waals surface area (Å²) in [6.07, 6.45) is 7.72. The number of furan rings is 1. The van der Waals surface area contributed by atoms with Crippen LogP contribution in [0.3, 0.4) is 0 Å². The van der Waals surface area contributed by atoms with E-state index in [2.05, 4.69) is 39.2 Å². The van der Waals surface area contributed by atoms with E-state index in [1.807, 2.05) is 24.4 Å². The molecule has 0 aliphatic carbocycles. The molecule has 20 heavy (non-hydrogen) atoms. The van der Waals surface area contributed by atoms with Crippen LogP contribution in [0.2, 0.25) is 0 Å². The topological polar surface area (TPSA) is 38.1 Å². The van der Waals surface area contributed by atoms with E-state index < -0.39 is 0 Å². The SMILES string of the molecule is CCCNC(CCc1ccco1)Cc1ccc(Br)cn1. The van der Waals surface area contributed by atoms with Crippen molar-refractivity contribution in [2.24, 2.45) is 0 Å². The van der Waals surface area contributed by atoms with Crippen molar-refractivity contribution in [2.45, 2.75) is 38.6 Å². The van der Waals surface area contributed by atoms with Gasteiger partial charge < -0.3 is 9.73 Å². The van der Waals surface area contributed by atoms with Crippen LogP contribution >= 0.6 is 15.9 Å². The standard InChI is InChI=1S/C16H21BrN2O/c1-2-9-18-14(7-8-16-4-3-10-20-16)11-15-6-5-13(17)12-19-15/h3-6,10,12,14,18H,2,7-9,11H2,1H3. The zero-order chi connectivity index (χ0) is 14.2. The first kappa shape index (κ1) is 15.3. The molecule has 0 fully saturated rings. The summed E-state index contributed by atoms with van der Waals surface area (Å²) in [4.78, 5) is 4.46. The van der Waals surface area contributed by atoms with Crippen molar-refractivity contribution in [3.8, 4) is 0 Å². The number of rotatable bonds is 8. The van der Waals surface area contributed by atoms with E-state index in [1.165, 1.54) is 0 Å². The average molecular weight is 337 g/mol. The molecule has 0 saturated carbocycles. The molecule has 2 aromatic heterocycles. The molecule has 3 nitrogen and oxygen atoms in total. The van der Waals surface area contributed by atoms with E-state index in [-0.39, 0.29) is 0 Å². The molecule has 1 N–H and O–H groups in total. The molecule has 4 heteroatoms. The van der Waals surface area contributed by atoms with Crippen LogP contribution in [0.5, 0.6) is 0 Å². The predicted molar refractivity (Wildman–Crippen MR) is 84.8 cm³/mol. The molecule has 2 heterocycles. The van der Waals surface area contributed by atoms with Crippen LogP contribution in [0.1, 0.15) is 31.2 Å². The highest BCUT2D eigenvalue weighted by Crippen LogP contribution is 2.12. The number of aryl methyl sites for hydroxylation is 1. The average Bonchev–Trinajstić information content (AvgIpc) is 2.97. The van der Waals surface area contributed by atoms with Crippen LogP contribution in [0.15, 0.2) is 45.6 Å². The summed E-state index contributed by atoms with van der Waals surface area (Å²) in [7, 11) is 0. The van der Waals surface area contributed by atoms with E-state index in [0.29, 0.717) is 6.04 Å². The molecule has 1 unspecified atom stereocenters. The zero-order valence-electron chi connectivity index (χ0n) is 11.8. The van der Waals surface area contributed by atoms with Crippen molar-refractivity contribution in [3.05, 3.63) is 52.7 Å². The molecule has 0 bridgehead atoms. The van der Waals surface area contributed by atoms with Gasteiger partial charge >= 0.3 is 0 Å². The van der Waals surface area contributed by atoms with E-state index in [4.69, 9.17) is 4.42 Å². The monoisotopic (exact) mass is 336 g/mol. The number of pyridine rings is 1. The van der Waals surface area contributed by atoms with Gasteiger partial charge in [-0.25, -0.2) is 0 Å². The molecule has 0 amide bonds. The van der Waals surface area contributed by atoms with E-state index in [0.717, 1.165) is 48.2 Å². The van der Waals surface area contributed by atoms with Crippen LogP contribution < -0.4 is 5.32 Å². The fourth-order valence-electron chi connectivity index (χ4n) is 2.18. The molecular weight excluding hydrogens is 316 g/mol. The molecule has 0 saturated heterocycles. The summed E-state index contributed by atoms with van der Waals surface area (Å²) < 4.78 is 6.43. The van der Waals surface area contributed by atoms with Crippen molar-refractivity contribution in [3.63, 3.8) is 0 Å². The first-order valence-electron chi connectivity index (χ1n) is 7.14. The fraction of sp³-hybridized carbons (Fsp3) is 0.438. The number of aromatic nitrogens is 1. The van der Waals surface area contributed by atoms with E-state index in [1.54, 1.807) is 6.26 Å². The minimum absolute atomic E-state index is 0.439. The second kappa shape index (κ2) is 8.22. The van der Waals surface area contributed by atoms with Gasteiger partial charge in [-0.3, -0.25) is 4.98 Å². The molecule has 0 aliphatic rings. The van der Waals surface area contributed by atoms with Gasteiger partial charge in [0, 0.05) is 35.2 Å². The number of hydrogen-bond donors (Lipinski definition) is 1. The molecule has 0 radical (unpaired) electrons. The highest BCUT2D eigenvalue weighted by Gasteiger charge is 2.11. The smallest absolute Gasteiger partial charge is 0.103 e. The number of nitrogens with one attached hydrogen (secondary N) is 1. The normalized spacial score (nSPS) is 12.5. The van der Waals surface area contributed by atoms with Crippen LogP contribution in [-0.4, -0.2) is 17.6 Å². The fourth-order valence-corrected chi connectivity index (χ4v) is 2.41. The third-order valence-corrected chi connectivity index (χ3v) is 3.72. The van der Waals surface area contributed by atoms with Crippen LogP contribution in [-0.2, 0) is 12.8 Å². The molecule has 0 aromatic carbocycles. The first-order valence-corrected chi connectivity index (χ1v) is 7.93. The van der Waals surface area contributed by atoms with Gasteiger partial charge in [0.15, 0.2) is 0 Å². The highest BCUT2D eigenvalue weighted by atomic mass is 79.9. The van der Waals surface area contributed by atoms with Gasteiger partial charge in [0.2, 0.25) is 0 Å². The Morgan fingerprint density at radius 2 is 2.25 bits per heavy atom. The van der Waals surface area contributed by atoms with Crippen molar-refractivity contribution in [1.29, 1.82) is 0 Å². The Labute approximate surface area is 128 Å². The Hall–Kier alpha value is -1.13. The zero-order valence-corrected chi connectivity index (χ0v) is 13.4. The van der Waals surface area contributed by atoms with Crippen molar-refractivity contribution in [1.82, 2.24) is 10.3 Å². The van der Waals surface area contributed by atoms with Crippen molar-refractivity contribution in [2.75, 3.05) is 6.54 Å². The second-order valence-corrected chi connectivity index (χ2v) is 5.86. The quantitative estimate of drug-likeness (QED) is 0.792. The number of hydrogen-bond acceptors (Lipinski definition) is 3. The lowest BCUT2D eigenvalue weighted by Gasteiger charge is -2.17. The lowest BCUT2D eigenvalue weighted by Crippen LogP contribution is -2.32. The summed E-state index contributed by atoms with van der Waals surface area (Å²) in [5.41, 5.74) is 1.13. The van der Waals surface area contributed by atoms with Gasteiger partial charge in [0.05, 0.1) is 6.26 Å². The lowest BCUT2D eigenvalue weighted by atomic mass is 10.0. The van der Waals surface area contributed by atoms with Gasteiger partial charge in [0.1, 0.15) is 5.76 Å². The van der Waals surface area contributed by atoms with Gasteiger partial charge in [-0.05, 0) is 59.6 Å². The summed E-state index contributed by atoms with van der Waals surface area (Å²) >= 11 is 3.42. The molecule has 0 spiro atoms. The Balaban J connectivity index is 1.90. The molecule has 1 atom stereocenters. The third kappa shape index (κ3) is 5.10. The number of halogens is 1. The van der Waals surface area contributed by atoms with Crippen LogP contribution in [0.4, 0.5) is 0 Å². The maximum absolute atomic E-state index is 5.40. The number of nitrogens with zero attached hydrogens (tertiary/aromatic N) is 1. The van der Waals surface area contributed by atoms with Crippen molar-refractivity contribution >= 4 is 15.9 Å². The van der Waals surface area contributed by atoms with E-state index in [9.17, 15) is 0 Å². The van der Waals surface area contributed by atoms with Gasteiger partial charge in [-0.15, -0.1) is 0 Å². The predicted octanol–water partition coefficient (Wildman–Crippen LogP) is 3.98. The Kier molecular flexibility index (Phi) is 6.27. The van der Waals surface area contributed by atoms with Crippen LogP contribution in [0.25, 0.3) is 0 Å². The second-order valence-electron chi connectivity index (χ2n) is 4.94. The summed E-state index contributed by atoms with van der Waals surface area (Å²) in [5.74, 6) is 1.05. The molecule has 2 rings (SSSR count). The summed E-state index contributed by atoms with van der Waals surface area (Å²) in [5, 5.41) is 3.60.